The molecule has 0 saturated carbocycles. The highest BCUT2D eigenvalue weighted by Crippen LogP contribution is 2.19. The van der Waals surface area contributed by atoms with Gasteiger partial charge in [0.15, 0.2) is 0 Å². The van der Waals surface area contributed by atoms with E-state index in [0.717, 1.165) is 6.07 Å². The Kier molecular flexibility index (Phi) is 2.86. The van der Waals surface area contributed by atoms with Crippen molar-refractivity contribution in [1.82, 2.24) is 9.97 Å². The second kappa shape index (κ2) is 4.32. The van der Waals surface area contributed by atoms with Gasteiger partial charge in [0.05, 0.1) is 0 Å². The van der Waals surface area contributed by atoms with Crippen molar-refractivity contribution in [2.75, 3.05) is 5.73 Å². The number of H-pyrrole nitrogens is 1. The SMILES string of the molecule is Nc1ccc(-c2nc(C(F)F)cc(=O)[nH]2)cc1. The molecular weight excluding hydrogens is 228 g/mol. The first-order chi connectivity index (χ1) is 8.06. The maximum atomic E-state index is 12.5. The second-order valence-electron chi connectivity index (χ2n) is 3.44. The van der Waals surface area contributed by atoms with Crippen molar-refractivity contribution in [3.8, 4) is 11.4 Å². The Morgan fingerprint density at radius 3 is 2.47 bits per heavy atom. The van der Waals surface area contributed by atoms with Crippen molar-refractivity contribution in [2.24, 2.45) is 0 Å². The highest BCUT2D eigenvalue weighted by atomic mass is 19.3. The van der Waals surface area contributed by atoms with Crippen LogP contribution in [0.5, 0.6) is 0 Å². The Morgan fingerprint density at radius 1 is 1.24 bits per heavy atom. The molecule has 4 nitrogen and oxygen atoms in total. The molecule has 0 atom stereocenters. The van der Waals surface area contributed by atoms with Crippen LogP contribution in [0.4, 0.5) is 14.5 Å². The average Bonchev–Trinajstić information content (AvgIpc) is 2.29. The first-order valence-corrected chi connectivity index (χ1v) is 4.81. The lowest BCUT2D eigenvalue weighted by Gasteiger charge is -2.04. The Hall–Kier alpha value is -2.24. The van der Waals surface area contributed by atoms with Crippen LogP contribution in [-0.4, -0.2) is 9.97 Å². The van der Waals surface area contributed by atoms with E-state index < -0.39 is 17.7 Å². The number of anilines is 1. The first kappa shape index (κ1) is 11.3. The molecule has 0 aliphatic heterocycles. The van der Waals surface area contributed by atoms with Crippen LogP contribution in [0.2, 0.25) is 0 Å². The van der Waals surface area contributed by atoms with Crippen molar-refractivity contribution in [3.05, 3.63) is 46.4 Å². The zero-order valence-corrected chi connectivity index (χ0v) is 8.65. The fourth-order valence-electron chi connectivity index (χ4n) is 1.37. The molecule has 0 amide bonds. The molecule has 0 fully saturated rings. The van der Waals surface area contributed by atoms with Gasteiger partial charge in [0.25, 0.3) is 12.0 Å². The van der Waals surface area contributed by atoms with Gasteiger partial charge < -0.3 is 10.7 Å². The van der Waals surface area contributed by atoms with Gasteiger partial charge in [0.1, 0.15) is 11.5 Å². The number of hydrogen-bond acceptors (Lipinski definition) is 3. The number of nitrogen functional groups attached to an aromatic ring is 1. The summed E-state index contributed by atoms with van der Waals surface area (Å²) in [6.07, 6.45) is -2.77. The van der Waals surface area contributed by atoms with Crippen molar-refractivity contribution < 1.29 is 8.78 Å². The van der Waals surface area contributed by atoms with Gasteiger partial charge in [0.2, 0.25) is 0 Å². The molecule has 2 aromatic rings. The predicted molar refractivity (Wildman–Crippen MR) is 59.7 cm³/mol. The van der Waals surface area contributed by atoms with E-state index in [9.17, 15) is 13.6 Å². The summed E-state index contributed by atoms with van der Waals surface area (Å²) in [6, 6.07) is 7.19. The number of nitrogens with zero attached hydrogens (tertiary/aromatic N) is 1. The molecule has 88 valence electrons. The third-order valence-corrected chi connectivity index (χ3v) is 2.17. The summed E-state index contributed by atoms with van der Waals surface area (Å²) < 4.78 is 24.9. The van der Waals surface area contributed by atoms with E-state index in [1.165, 1.54) is 0 Å². The van der Waals surface area contributed by atoms with Gasteiger partial charge in [-0.25, -0.2) is 13.8 Å². The van der Waals surface area contributed by atoms with Crippen molar-refractivity contribution in [3.63, 3.8) is 0 Å². The largest absolute Gasteiger partial charge is 0.399 e. The lowest BCUT2D eigenvalue weighted by atomic mass is 10.2. The van der Waals surface area contributed by atoms with Crippen molar-refractivity contribution >= 4 is 5.69 Å². The van der Waals surface area contributed by atoms with Crippen LogP contribution >= 0.6 is 0 Å². The standard InChI is InChI=1S/C11H9F2N3O/c12-10(13)8-5-9(17)16-11(15-8)6-1-3-7(14)4-2-6/h1-5,10H,14H2,(H,15,16,17). The molecule has 0 bridgehead atoms. The monoisotopic (exact) mass is 237 g/mol. The summed E-state index contributed by atoms with van der Waals surface area (Å²) in [6.45, 7) is 0. The van der Waals surface area contributed by atoms with Gasteiger partial charge in [-0.2, -0.15) is 0 Å². The van der Waals surface area contributed by atoms with E-state index in [1.54, 1.807) is 24.3 Å². The lowest BCUT2D eigenvalue weighted by Crippen LogP contribution is -2.10. The molecule has 0 aliphatic rings. The second-order valence-corrected chi connectivity index (χ2v) is 3.44. The van der Waals surface area contributed by atoms with Gasteiger partial charge >= 0.3 is 0 Å². The number of rotatable bonds is 2. The predicted octanol–water partition coefficient (Wildman–Crippen LogP) is 1.96. The number of benzene rings is 1. The number of alkyl halides is 2. The number of halogens is 2. The Balaban J connectivity index is 2.52. The van der Waals surface area contributed by atoms with Gasteiger partial charge in [-0.05, 0) is 24.3 Å². The molecule has 2 rings (SSSR count). The zero-order valence-electron chi connectivity index (χ0n) is 8.65. The fourth-order valence-corrected chi connectivity index (χ4v) is 1.37. The Morgan fingerprint density at radius 2 is 1.88 bits per heavy atom. The van der Waals surface area contributed by atoms with E-state index in [4.69, 9.17) is 5.73 Å². The third-order valence-electron chi connectivity index (χ3n) is 2.17. The molecular formula is C11H9F2N3O. The molecule has 1 aromatic carbocycles. The summed E-state index contributed by atoms with van der Waals surface area (Å²) in [5.74, 6) is 0.104. The summed E-state index contributed by atoms with van der Waals surface area (Å²) in [5.41, 5.74) is 5.42. The number of hydrogen-bond donors (Lipinski definition) is 2. The summed E-state index contributed by atoms with van der Waals surface area (Å²) in [7, 11) is 0. The van der Waals surface area contributed by atoms with Crippen LogP contribution in [0.15, 0.2) is 35.1 Å². The van der Waals surface area contributed by atoms with Crippen LogP contribution in [0.1, 0.15) is 12.1 Å². The molecule has 3 N–H and O–H groups in total. The van der Waals surface area contributed by atoms with Crippen LogP contribution in [0, 0.1) is 0 Å². The molecule has 17 heavy (non-hydrogen) atoms. The Labute approximate surface area is 95.1 Å². The van der Waals surface area contributed by atoms with E-state index in [0.29, 0.717) is 11.3 Å². The minimum Gasteiger partial charge on any atom is -0.399 e. The number of nitrogens with two attached hydrogens (primary N) is 1. The molecule has 0 aliphatic carbocycles. The van der Waals surface area contributed by atoms with Crippen molar-refractivity contribution in [1.29, 1.82) is 0 Å². The minimum atomic E-state index is -2.77. The van der Waals surface area contributed by atoms with E-state index in [-0.39, 0.29) is 5.82 Å². The quantitative estimate of drug-likeness (QED) is 0.784. The van der Waals surface area contributed by atoms with Gasteiger partial charge in [-0.3, -0.25) is 4.79 Å². The third kappa shape index (κ3) is 2.47. The normalized spacial score (nSPS) is 10.8. The summed E-state index contributed by atoms with van der Waals surface area (Å²) in [4.78, 5) is 17.3. The molecule has 1 heterocycles. The molecule has 0 radical (unpaired) electrons. The summed E-state index contributed by atoms with van der Waals surface area (Å²) >= 11 is 0. The van der Waals surface area contributed by atoms with Gasteiger partial charge in [-0.15, -0.1) is 0 Å². The number of aromatic nitrogens is 2. The van der Waals surface area contributed by atoms with Crippen LogP contribution < -0.4 is 11.3 Å². The molecule has 0 saturated heterocycles. The van der Waals surface area contributed by atoms with Crippen LogP contribution in [0.25, 0.3) is 11.4 Å². The topological polar surface area (TPSA) is 71.8 Å². The Bertz CT molecular complexity index is 578. The minimum absolute atomic E-state index is 0.104. The highest BCUT2D eigenvalue weighted by Gasteiger charge is 2.12. The lowest BCUT2D eigenvalue weighted by molar-refractivity contribution is 0.146. The van der Waals surface area contributed by atoms with Gasteiger partial charge in [0, 0.05) is 17.3 Å². The molecule has 1 aromatic heterocycles. The molecule has 6 heteroatoms. The van der Waals surface area contributed by atoms with E-state index >= 15 is 0 Å². The maximum Gasteiger partial charge on any atom is 0.280 e. The maximum absolute atomic E-state index is 12.5. The first-order valence-electron chi connectivity index (χ1n) is 4.81. The van der Waals surface area contributed by atoms with E-state index in [2.05, 4.69) is 9.97 Å². The average molecular weight is 237 g/mol. The fraction of sp³-hybridized carbons (Fsp3) is 0.0909. The number of nitrogens with one attached hydrogen (secondary N) is 1. The molecule has 0 spiro atoms. The molecule has 0 unspecified atom stereocenters. The highest BCUT2D eigenvalue weighted by molar-refractivity contribution is 5.58. The van der Waals surface area contributed by atoms with E-state index in [1.807, 2.05) is 0 Å². The van der Waals surface area contributed by atoms with Gasteiger partial charge in [-0.1, -0.05) is 0 Å². The number of aromatic amines is 1. The van der Waals surface area contributed by atoms with Crippen LogP contribution in [-0.2, 0) is 0 Å². The van der Waals surface area contributed by atoms with Crippen LogP contribution in [0.3, 0.4) is 0 Å². The smallest absolute Gasteiger partial charge is 0.280 e. The zero-order chi connectivity index (χ0) is 12.4. The summed E-state index contributed by atoms with van der Waals surface area (Å²) in [5, 5.41) is 0. The van der Waals surface area contributed by atoms with Crippen molar-refractivity contribution in [2.45, 2.75) is 6.43 Å².